The maximum absolute atomic E-state index is 12.2. The van der Waals surface area contributed by atoms with Gasteiger partial charge in [-0.25, -0.2) is 8.42 Å². The van der Waals surface area contributed by atoms with Gasteiger partial charge >= 0.3 is 29.6 Å². The van der Waals surface area contributed by atoms with Gasteiger partial charge < -0.3 is 4.55 Å². The fourth-order valence-corrected chi connectivity index (χ4v) is 5.22. The monoisotopic (exact) mass is 373 g/mol. The minimum Gasteiger partial charge on any atom is -0.726 e. The number of carbonyl (C=O) groups excluding carboxylic acids is 1. The van der Waals surface area contributed by atoms with Crippen LogP contribution in [0.25, 0.3) is 0 Å². The zero-order chi connectivity index (χ0) is 17.5. The molecule has 0 saturated heterocycles. The minimum atomic E-state index is -4.92. The smallest absolute Gasteiger partial charge is 0.726 e. The molecule has 5 nitrogen and oxygen atoms in total. The summed E-state index contributed by atoms with van der Waals surface area (Å²) in [6.45, 7) is 2.25. The van der Waals surface area contributed by atoms with E-state index in [-0.39, 0.29) is 35.0 Å². The second-order valence-electron chi connectivity index (χ2n) is 7.39. The van der Waals surface area contributed by atoms with E-state index in [9.17, 15) is 4.79 Å². The van der Waals surface area contributed by atoms with Crippen molar-refractivity contribution in [3.63, 3.8) is 0 Å². The van der Waals surface area contributed by atoms with Crippen LogP contribution in [0.1, 0.15) is 56.1 Å². The summed E-state index contributed by atoms with van der Waals surface area (Å²) in [6, 6.07) is 9.75. The van der Waals surface area contributed by atoms with E-state index in [1.807, 2.05) is 0 Å². The molecule has 0 aromatic heterocycles. The molecule has 4 unspecified atom stereocenters. The molecular weight excluding hydrogens is 351 g/mol. The van der Waals surface area contributed by atoms with Gasteiger partial charge in [0.25, 0.3) is 0 Å². The maximum Gasteiger partial charge on any atom is 1.00 e. The Kier molecular flexibility index (Phi) is 6.56. The topological polar surface area (TPSA) is 94.5 Å². The van der Waals surface area contributed by atoms with Crippen LogP contribution >= 0.6 is 0 Å². The predicted octanol–water partition coefficient (Wildman–Crippen LogP) is -0.0794. The standard InChI is InChI=1S/C18H21O.Na.H2O4S/c1-18-11-10-14-13-5-3-2-4-12(13)6-7-15(14)16(18)8-9-17(18)19;;1-5(2,3)4/h3-5,14-16H,6-11H2,1H3;;(H2,1,2,3,4)/q-1;+1;/p-1. The quantitative estimate of drug-likeness (QED) is 0.297. The number of fused-ring (bicyclic) bond motifs is 5. The largest absolute Gasteiger partial charge is 1.00 e. The molecule has 7 heteroatoms. The van der Waals surface area contributed by atoms with Crippen molar-refractivity contribution >= 4 is 16.2 Å². The Balaban J connectivity index is 0.000000335. The first-order valence-corrected chi connectivity index (χ1v) is 9.77. The van der Waals surface area contributed by atoms with Gasteiger partial charge in [-0.05, 0) is 37.0 Å². The summed E-state index contributed by atoms with van der Waals surface area (Å²) in [6.07, 6.45) is 6.76. The van der Waals surface area contributed by atoms with Crippen LogP contribution in [-0.2, 0) is 21.6 Å². The van der Waals surface area contributed by atoms with Gasteiger partial charge in [0.2, 0.25) is 10.4 Å². The van der Waals surface area contributed by atoms with Gasteiger partial charge in [-0.2, -0.15) is 35.4 Å². The Morgan fingerprint density at radius 2 is 1.96 bits per heavy atom. The summed E-state index contributed by atoms with van der Waals surface area (Å²) in [5, 5.41) is 0. The molecule has 3 aliphatic rings. The fourth-order valence-electron chi connectivity index (χ4n) is 5.22. The molecule has 132 valence electrons. The second-order valence-corrected chi connectivity index (χ2v) is 8.24. The molecule has 0 heterocycles. The third kappa shape index (κ3) is 4.37. The first-order valence-electron chi connectivity index (χ1n) is 8.40. The van der Waals surface area contributed by atoms with E-state index in [0.717, 1.165) is 25.2 Å². The Labute approximate surface area is 171 Å². The summed E-state index contributed by atoms with van der Waals surface area (Å²) in [5.74, 6) is 2.65. The van der Waals surface area contributed by atoms with Gasteiger partial charge in [0.05, 0.1) is 0 Å². The molecule has 0 spiro atoms. The van der Waals surface area contributed by atoms with Crippen molar-refractivity contribution in [1.82, 2.24) is 0 Å². The summed E-state index contributed by atoms with van der Waals surface area (Å²) < 4.78 is 32.8. The molecule has 0 bridgehead atoms. The zero-order valence-electron chi connectivity index (χ0n) is 14.7. The fraction of sp³-hybridized carbons (Fsp3) is 0.611. The van der Waals surface area contributed by atoms with Crippen molar-refractivity contribution < 1.29 is 51.9 Å². The van der Waals surface area contributed by atoms with Gasteiger partial charge in [-0.15, -0.1) is 0 Å². The summed E-state index contributed by atoms with van der Waals surface area (Å²) in [7, 11) is -4.92. The van der Waals surface area contributed by atoms with Crippen molar-refractivity contribution in [3.8, 4) is 0 Å². The van der Waals surface area contributed by atoms with Crippen LogP contribution in [0.4, 0.5) is 0 Å². The van der Waals surface area contributed by atoms with Crippen LogP contribution in [0.2, 0.25) is 0 Å². The van der Waals surface area contributed by atoms with Gasteiger partial charge in [0, 0.05) is 11.8 Å². The van der Waals surface area contributed by atoms with Crippen LogP contribution in [0.3, 0.4) is 0 Å². The number of rotatable bonds is 0. The average Bonchev–Trinajstić information content (AvgIpc) is 2.81. The Bertz CT molecular complexity index is 740. The first kappa shape index (κ1) is 21.1. The summed E-state index contributed by atoms with van der Waals surface area (Å²) >= 11 is 0. The van der Waals surface area contributed by atoms with E-state index < -0.39 is 10.4 Å². The number of benzene rings is 1. The molecule has 1 aromatic rings. The average molecular weight is 373 g/mol. The number of ketones is 1. The van der Waals surface area contributed by atoms with Crippen molar-refractivity contribution in [2.24, 2.45) is 17.3 Å². The Hall–Kier alpha value is -0.240. The molecule has 0 radical (unpaired) electrons. The van der Waals surface area contributed by atoms with Gasteiger partial charge in [-0.3, -0.25) is 9.35 Å². The number of hydrogen-bond donors (Lipinski definition) is 1. The Morgan fingerprint density at radius 1 is 1.28 bits per heavy atom. The van der Waals surface area contributed by atoms with E-state index in [1.54, 1.807) is 5.56 Å². The molecule has 4 rings (SSSR count). The third-order valence-electron chi connectivity index (χ3n) is 6.28. The molecule has 25 heavy (non-hydrogen) atoms. The van der Waals surface area contributed by atoms with E-state index in [0.29, 0.717) is 17.6 Å². The first-order chi connectivity index (χ1) is 11.2. The van der Waals surface area contributed by atoms with E-state index in [2.05, 4.69) is 31.2 Å². The third-order valence-corrected chi connectivity index (χ3v) is 6.28. The number of Topliss-reactive ketones (excluding diaryl/α,β-unsaturated/α-hetero) is 1. The van der Waals surface area contributed by atoms with Gasteiger partial charge in [0.15, 0.2) is 0 Å². The van der Waals surface area contributed by atoms with Crippen molar-refractivity contribution in [1.29, 1.82) is 0 Å². The maximum atomic E-state index is 12.2. The number of hydrogen-bond acceptors (Lipinski definition) is 4. The SMILES string of the molecule is CC12CCC3c4cc[c-]cc4CCC3C1CCC2=O.O=S(=O)([O-])O.[Na+]. The number of aryl methyl sites for hydroxylation is 1. The molecular formula is C18H22NaO5S-. The molecule has 3 aliphatic carbocycles. The van der Waals surface area contributed by atoms with E-state index in [1.165, 1.54) is 24.8 Å². The van der Waals surface area contributed by atoms with Crippen LogP contribution in [0.15, 0.2) is 18.2 Å². The molecule has 2 fully saturated rings. The summed E-state index contributed by atoms with van der Waals surface area (Å²) in [4.78, 5) is 12.2. The molecule has 1 aromatic carbocycles. The number of carbonyl (C=O) groups is 1. The molecule has 0 amide bonds. The van der Waals surface area contributed by atoms with Gasteiger partial charge in [0.1, 0.15) is 5.78 Å². The molecule has 4 atom stereocenters. The van der Waals surface area contributed by atoms with Gasteiger partial charge in [-0.1, -0.05) is 19.8 Å². The molecule has 2 saturated carbocycles. The minimum absolute atomic E-state index is 0. The summed E-state index contributed by atoms with van der Waals surface area (Å²) in [5.41, 5.74) is 3.09. The van der Waals surface area contributed by atoms with Crippen LogP contribution in [0, 0.1) is 23.3 Å². The van der Waals surface area contributed by atoms with Crippen LogP contribution in [0.5, 0.6) is 0 Å². The predicted molar refractivity (Wildman–Crippen MR) is 87.2 cm³/mol. The zero-order valence-corrected chi connectivity index (χ0v) is 17.5. The molecule has 0 aliphatic heterocycles. The molecule has 1 N–H and O–H groups in total. The van der Waals surface area contributed by atoms with Crippen molar-refractivity contribution in [2.75, 3.05) is 0 Å². The van der Waals surface area contributed by atoms with E-state index in [4.69, 9.17) is 17.5 Å². The normalized spacial score (nSPS) is 33.1. The van der Waals surface area contributed by atoms with Crippen molar-refractivity contribution in [2.45, 2.75) is 51.4 Å². The van der Waals surface area contributed by atoms with Crippen molar-refractivity contribution in [3.05, 3.63) is 35.4 Å². The van der Waals surface area contributed by atoms with Crippen LogP contribution in [-0.4, -0.2) is 23.3 Å². The van der Waals surface area contributed by atoms with E-state index >= 15 is 0 Å². The Morgan fingerprint density at radius 3 is 2.64 bits per heavy atom. The second kappa shape index (κ2) is 7.79. The van der Waals surface area contributed by atoms with Crippen LogP contribution < -0.4 is 29.6 Å².